The number of Topliss-reactive ketones (excluding diaryl/α,β-unsaturated/α-hetero) is 1. The van der Waals surface area contributed by atoms with E-state index in [9.17, 15) is 24.5 Å². The fourth-order valence-corrected chi connectivity index (χ4v) is 6.25. The van der Waals surface area contributed by atoms with Crippen molar-refractivity contribution >= 4 is 68.3 Å². The maximum Gasteiger partial charge on any atom is 0.271 e. The van der Waals surface area contributed by atoms with E-state index in [4.69, 9.17) is 16.3 Å². The molecule has 11 heteroatoms. The van der Waals surface area contributed by atoms with Gasteiger partial charge < -0.3 is 9.64 Å². The maximum atomic E-state index is 14.1. The molecule has 0 saturated carbocycles. The second-order valence-corrected chi connectivity index (χ2v) is 10.8. The van der Waals surface area contributed by atoms with Gasteiger partial charge in [0.15, 0.2) is 5.78 Å². The standard InChI is InChI=1S/C28H19BrClN3O6/c1-39-22-11-9-18(33(37)38)13-21(22)32-27(35)23-19-10-5-14-4-8-17(30)12-20(14)31(19)25(24(23)28(32)36)26(34)15-2-6-16(29)7-3-15/h2-13,19,23-25H,1H3/t19-,23-,24+,25-/m0/s1. The first kappa shape index (κ1) is 25.3. The Labute approximate surface area is 235 Å². The Bertz CT molecular complexity index is 1610. The molecule has 0 N–H and O–H groups in total. The number of hydrogen-bond donors (Lipinski definition) is 0. The Kier molecular flexibility index (Phi) is 6.04. The van der Waals surface area contributed by atoms with Crippen LogP contribution in [0.1, 0.15) is 15.9 Å². The number of amides is 2. The van der Waals surface area contributed by atoms with Gasteiger partial charge in [0.1, 0.15) is 17.5 Å². The number of benzene rings is 3. The molecule has 2 saturated heterocycles. The van der Waals surface area contributed by atoms with Crippen LogP contribution in [0.4, 0.5) is 17.1 Å². The Morgan fingerprint density at radius 1 is 1.00 bits per heavy atom. The Morgan fingerprint density at radius 2 is 1.72 bits per heavy atom. The van der Waals surface area contributed by atoms with Crippen molar-refractivity contribution in [2.24, 2.45) is 11.8 Å². The zero-order valence-corrected chi connectivity index (χ0v) is 22.6. The molecule has 3 aliphatic rings. The second-order valence-electron chi connectivity index (χ2n) is 9.45. The SMILES string of the molecule is COc1ccc([N+](=O)[O-])cc1N1C(=O)[C@@H]2[C@@H](C1=O)[C@@H]1C=Cc3ccc(Cl)cc3N1[C@@H]2C(=O)c1ccc(Br)cc1. The summed E-state index contributed by atoms with van der Waals surface area (Å²) in [5.74, 6) is -3.32. The molecule has 0 unspecified atom stereocenters. The number of nitrogens with zero attached hydrogens (tertiary/aromatic N) is 3. The Hall–Kier alpha value is -4.02. The highest BCUT2D eigenvalue weighted by molar-refractivity contribution is 9.10. The molecule has 2 fully saturated rings. The molecule has 0 radical (unpaired) electrons. The van der Waals surface area contributed by atoms with Gasteiger partial charge in [-0.1, -0.05) is 57.9 Å². The van der Waals surface area contributed by atoms with E-state index in [0.29, 0.717) is 16.3 Å². The summed E-state index contributed by atoms with van der Waals surface area (Å²) >= 11 is 9.71. The minimum absolute atomic E-state index is 0.0271. The van der Waals surface area contributed by atoms with Crippen molar-refractivity contribution < 1.29 is 24.0 Å². The third-order valence-corrected chi connectivity index (χ3v) is 8.25. The van der Waals surface area contributed by atoms with E-state index >= 15 is 0 Å². The first-order chi connectivity index (χ1) is 18.7. The molecule has 3 aliphatic heterocycles. The molecule has 3 aromatic carbocycles. The molecular formula is C28H19BrClN3O6. The largest absolute Gasteiger partial charge is 0.495 e. The zero-order chi connectivity index (χ0) is 27.6. The fourth-order valence-electron chi connectivity index (χ4n) is 5.82. The molecule has 3 heterocycles. The van der Waals surface area contributed by atoms with Gasteiger partial charge in [0.05, 0.1) is 29.9 Å². The van der Waals surface area contributed by atoms with Crippen LogP contribution >= 0.6 is 27.5 Å². The van der Waals surface area contributed by atoms with Gasteiger partial charge >= 0.3 is 0 Å². The van der Waals surface area contributed by atoms with Gasteiger partial charge in [0.25, 0.3) is 5.69 Å². The second kappa shape index (κ2) is 9.32. The molecule has 4 atom stereocenters. The predicted octanol–water partition coefficient (Wildman–Crippen LogP) is 5.29. The lowest BCUT2D eigenvalue weighted by Crippen LogP contribution is -2.48. The van der Waals surface area contributed by atoms with Gasteiger partial charge in [0, 0.05) is 32.9 Å². The van der Waals surface area contributed by atoms with E-state index < -0.39 is 40.7 Å². The molecule has 2 amide bonds. The molecule has 0 spiro atoms. The third kappa shape index (κ3) is 3.85. The summed E-state index contributed by atoms with van der Waals surface area (Å²) in [4.78, 5) is 55.8. The minimum atomic E-state index is -1.04. The summed E-state index contributed by atoms with van der Waals surface area (Å²) in [5.41, 5.74) is 1.52. The lowest BCUT2D eigenvalue weighted by Gasteiger charge is -2.36. The van der Waals surface area contributed by atoms with Gasteiger partial charge in [0.2, 0.25) is 11.8 Å². The summed E-state index contributed by atoms with van der Waals surface area (Å²) in [5, 5.41) is 11.9. The van der Waals surface area contributed by atoms with Crippen molar-refractivity contribution in [2.45, 2.75) is 12.1 Å². The van der Waals surface area contributed by atoms with Crippen LogP contribution in [-0.2, 0) is 9.59 Å². The van der Waals surface area contributed by atoms with E-state index in [0.717, 1.165) is 21.0 Å². The fraction of sp³-hybridized carbons (Fsp3) is 0.179. The molecule has 3 aromatic rings. The highest BCUT2D eigenvalue weighted by Gasteiger charge is 2.64. The average molecular weight is 609 g/mol. The summed E-state index contributed by atoms with van der Waals surface area (Å²) < 4.78 is 6.14. The van der Waals surface area contributed by atoms with Crippen molar-refractivity contribution in [3.63, 3.8) is 0 Å². The zero-order valence-electron chi connectivity index (χ0n) is 20.3. The van der Waals surface area contributed by atoms with E-state index in [1.165, 1.54) is 19.2 Å². The quantitative estimate of drug-likeness (QED) is 0.168. The smallest absolute Gasteiger partial charge is 0.271 e. The molecule has 9 nitrogen and oxygen atoms in total. The van der Waals surface area contributed by atoms with Crippen LogP contribution in [0, 0.1) is 22.0 Å². The van der Waals surface area contributed by atoms with Gasteiger partial charge in [-0.3, -0.25) is 24.5 Å². The van der Waals surface area contributed by atoms with Crippen LogP contribution in [0.25, 0.3) is 6.08 Å². The van der Waals surface area contributed by atoms with Crippen LogP contribution in [0.5, 0.6) is 5.75 Å². The van der Waals surface area contributed by atoms with Gasteiger partial charge in [-0.25, -0.2) is 4.90 Å². The highest BCUT2D eigenvalue weighted by Crippen LogP contribution is 2.51. The lowest BCUT2D eigenvalue weighted by molar-refractivity contribution is -0.384. The number of nitro groups is 1. The Balaban J connectivity index is 1.51. The number of nitro benzene ring substituents is 1. The van der Waals surface area contributed by atoms with Crippen LogP contribution in [-0.4, -0.2) is 41.7 Å². The van der Waals surface area contributed by atoms with Crippen molar-refractivity contribution in [1.29, 1.82) is 0 Å². The number of non-ortho nitro benzene ring substituents is 1. The number of imide groups is 1. The number of ether oxygens (including phenoxy) is 1. The number of methoxy groups -OCH3 is 1. The summed E-state index contributed by atoms with van der Waals surface area (Å²) in [6.07, 6.45) is 3.67. The number of hydrogen-bond acceptors (Lipinski definition) is 7. The van der Waals surface area contributed by atoms with Gasteiger partial charge in [-0.15, -0.1) is 0 Å². The molecule has 0 bridgehead atoms. The molecule has 0 aromatic heterocycles. The first-order valence-corrected chi connectivity index (χ1v) is 13.1. The number of carbonyl (C=O) groups excluding carboxylic acids is 3. The molecular weight excluding hydrogens is 590 g/mol. The van der Waals surface area contributed by atoms with Crippen LogP contribution in [0.15, 0.2) is 71.2 Å². The van der Waals surface area contributed by atoms with Crippen LogP contribution < -0.4 is 14.5 Å². The number of ketones is 1. The van der Waals surface area contributed by atoms with E-state index in [-0.39, 0.29) is 22.9 Å². The highest BCUT2D eigenvalue weighted by atomic mass is 79.9. The van der Waals surface area contributed by atoms with Gasteiger partial charge in [-0.2, -0.15) is 0 Å². The predicted molar refractivity (Wildman–Crippen MR) is 148 cm³/mol. The minimum Gasteiger partial charge on any atom is -0.495 e. The number of anilines is 2. The first-order valence-electron chi connectivity index (χ1n) is 12.0. The lowest BCUT2D eigenvalue weighted by atomic mass is 9.86. The third-order valence-electron chi connectivity index (χ3n) is 7.48. The number of carbonyl (C=O) groups is 3. The summed E-state index contributed by atoms with van der Waals surface area (Å²) in [7, 11) is 1.35. The van der Waals surface area contributed by atoms with Crippen LogP contribution in [0.3, 0.4) is 0 Å². The summed E-state index contributed by atoms with van der Waals surface area (Å²) in [6, 6.07) is 14.2. The van der Waals surface area contributed by atoms with Crippen LogP contribution in [0.2, 0.25) is 5.02 Å². The van der Waals surface area contributed by atoms with E-state index in [1.807, 2.05) is 23.1 Å². The number of halogens is 2. The van der Waals surface area contributed by atoms with Crippen molar-refractivity contribution in [3.8, 4) is 5.75 Å². The summed E-state index contributed by atoms with van der Waals surface area (Å²) in [6.45, 7) is 0. The molecule has 196 valence electrons. The van der Waals surface area contributed by atoms with Crippen molar-refractivity contribution in [2.75, 3.05) is 16.9 Å². The molecule has 0 aliphatic carbocycles. The average Bonchev–Trinajstić information content (AvgIpc) is 3.40. The Morgan fingerprint density at radius 3 is 2.41 bits per heavy atom. The normalized spacial score (nSPS) is 22.9. The molecule has 39 heavy (non-hydrogen) atoms. The maximum absolute atomic E-state index is 14.1. The van der Waals surface area contributed by atoms with Gasteiger partial charge in [-0.05, 0) is 35.9 Å². The topological polar surface area (TPSA) is 110 Å². The van der Waals surface area contributed by atoms with Crippen molar-refractivity contribution in [1.82, 2.24) is 0 Å². The number of fused-ring (bicyclic) bond motifs is 5. The molecule has 6 rings (SSSR count). The van der Waals surface area contributed by atoms with E-state index in [1.54, 1.807) is 36.4 Å². The monoisotopic (exact) mass is 607 g/mol. The van der Waals surface area contributed by atoms with E-state index in [2.05, 4.69) is 15.9 Å². The van der Waals surface area contributed by atoms with Crippen molar-refractivity contribution in [3.05, 3.63) is 97.5 Å². The number of rotatable bonds is 5.